The van der Waals surface area contributed by atoms with Crippen molar-refractivity contribution in [3.8, 4) is 5.75 Å². The van der Waals surface area contributed by atoms with Crippen LogP contribution in [0.15, 0.2) is 18.2 Å². The summed E-state index contributed by atoms with van der Waals surface area (Å²) in [4.78, 5) is 0. The van der Waals surface area contributed by atoms with Gasteiger partial charge in [0.15, 0.2) is 0 Å². The Bertz CT molecular complexity index is 409. The molecular weight excluding hydrogens is 226 g/mol. The zero-order chi connectivity index (χ0) is 13.2. The summed E-state index contributed by atoms with van der Waals surface area (Å²) in [5, 5.41) is 13.2. The molecule has 2 N–H and O–H groups in total. The van der Waals surface area contributed by atoms with Crippen molar-refractivity contribution in [3.05, 3.63) is 29.3 Å². The second-order valence-electron chi connectivity index (χ2n) is 6.05. The third kappa shape index (κ3) is 3.24. The largest absolute Gasteiger partial charge is 0.493 e. The van der Waals surface area contributed by atoms with Gasteiger partial charge in [0.05, 0.1) is 12.7 Å². The van der Waals surface area contributed by atoms with Gasteiger partial charge in [0, 0.05) is 19.5 Å². The first kappa shape index (κ1) is 13.4. The van der Waals surface area contributed by atoms with E-state index in [1.165, 1.54) is 11.1 Å². The molecule has 0 radical (unpaired) electrons. The second kappa shape index (κ2) is 5.29. The molecule has 1 aliphatic rings. The van der Waals surface area contributed by atoms with Gasteiger partial charge in [0.2, 0.25) is 0 Å². The Morgan fingerprint density at radius 2 is 2.17 bits per heavy atom. The van der Waals surface area contributed by atoms with Crippen molar-refractivity contribution in [1.82, 2.24) is 5.32 Å². The lowest BCUT2D eigenvalue weighted by Gasteiger charge is -2.26. The van der Waals surface area contributed by atoms with Crippen LogP contribution in [0.2, 0.25) is 0 Å². The number of aliphatic hydroxyl groups is 1. The highest BCUT2D eigenvalue weighted by molar-refractivity contribution is 5.39. The molecule has 3 nitrogen and oxygen atoms in total. The van der Waals surface area contributed by atoms with Gasteiger partial charge >= 0.3 is 0 Å². The van der Waals surface area contributed by atoms with Crippen molar-refractivity contribution >= 4 is 0 Å². The Balaban J connectivity index is 1.84. The first-order valence-electron chi connectivity index (χ1n) is 6.60. The van der Waals surface area contributed by atoms with E-state index in [0.29, 0.717) is 6.54 Å². The molecule has 3 heteroatoms. The maximum absolute atomic E-state index is 9.94. The third-order valence-corrected chi connectivity index (χ3v) is 3.42. The molecular formula is C15H23NO2. The maximum Gasteiger partial charge on any atom is 0.122 e. The smallest absolute Gasteiger partial charge is 0.122 e. The van der Waals surface area contributed by atoms with Gasteiger partial charge < -0.3 is 15.2 Å². The van der Waals surface area contributed by atoms with Crippen molar-refractivity contribution in [2.24, 2.45) is 5.41 Å². The van der Waals surface area contributed by atoms with E-state index in [4.69, 9.17) is 4.74 Å². The molecule has 0 fully saturated rings. The fourth-order valence-electron chi connectivity index (χ4n) is 2.01. The van der Waals surface area contributed by atoms with E-state index in [-0.39, 0.29) is 11.5 Å². The van der Waals surface area contributed by atoms with E-state index in [1.54, 1.807) is 0 Å². The van der Waals surface area contributed by atoms with E-state index in [9.17, 15) is 5.11 Å². The van der Waals surface area contributed by atoms with Crippen LogP contribution in [-0.4, -0.2) is 24.4 Å². The van der Waals surface area contributed by atoms with E-state index in [2.05, 4.69) is 17.4 Å². The lowest BCUT2D eigenvalue weighted by Crippen LogP contribution is -2.36. The second-order valence-corrected chi connectivity index (χ2v) is 6.05. The number of fused-ring (bicyclic) bond motifs is 1. The minimum atomic E-state index is -0.324. The number of benzene rings is 1. The Morgan fingerprint density at radius 1 is 1.39 bits per heavy atom. The van der Waals surface area contributed by atoms with Crippen LogP contribution < -0.4 is 10.1 Å². The first-order chi connectivity index (χ1) is 8.47. The van der Waals surface area contributed by atoms with E-state index < -0.39 is 0 Å². The average Bonchev–Trinajstić information content (AvgIpc) is 2.74. The SMILES string of the molecule is CC(C)(C)C(O)CNCc1ccc2c(c1)CCO2. The predicted molar refractivity (Wildman–Crippen MR) is 72.8 cm³/mol. The Labute approximate surface area is 109 Å². The highest BCUT2D eigenvalue weighted by atomic mass is 16.5. The number of hydrogen-bond acceptors (Lipinski definition) is 3. The van der Waals surface area contributed by atoms with Gasteiger partial charge in [-0.05, 0) is 22.6 Å². The molecule has 1 unspecified atom stereocenters. The molecule has 0 bridgehead atoms. The quantitative estimate of drug-likeness (QED) is 0.859. The van der Waals surface area contributed by atoms with Crippen molar-refractivity contribution in [2.45, 2.75) is 39.8 Å². The molecule has 0 saturated carbocycles. The Hall–Kier alpha value is -1.06. The predicted octanol–water partition coefficient (Wildman–Crippen LogP) is 2.12. The molecule has 0 spiro atoms. The van der Waals surface area contributed by atoms with Crippen LogP contribution in [0.4, 0.5) is 0 Å². The Morgan fingerprint density at radius 3 is 2.89 bits per heavy atom. The van der Waals surface area contributed by atoms with E-state index in [0.717, 1.165) is 25.3 Å². The van der Waals surface area contributed by atoms with Crippen LogP contribution in [0.3, 0.4) is 0 Å². The van der Waals surface area contributed by atoms with Crippen molar-refractivity contribution < 1.29 is 9.84 Å². The maximum atomic E-state index is 9.94. The summed E-state index contributed by atoms with van der Waals surface area (Å²) in [6, 6.07) is 6.32. The minimum Gasteiger partial charge on any atom is -0.493 e. The molecule has 0 aromatic heterocycles. The number of nitrogens with one attached hydrogen (secondary N) is 1. The summed E-state index contributed by atoms with van der Waals surface area (Å²) in [7, 11) is 0. The molecule has 18 heavy (non-hydrogen) atoms. The van der Waals surface area contributed by atoms with Crippen LogP contribution in [0.5, 0.6) is 5.75 Å². The monoisotopic (exact) mass is 249 g/mol. The molecule has 0 aliphatic carbocycles. The van der Waals surface area contributed by atoms with Gasteiger partial charge in [0.25, 0.3) is 0 Å². The van der Waals surface area contributed by atoms with Crippen LogP contribution in [0.1, 0.15) is 31.9 Å². The van der Waals surface area contributed by atoms with Crippen molar-refractivity contribution in [3.63, 3.8) is 0 Å². The lowest BCUT2D eigenvalue weighted by molar-refractivity contribution is 0.0627. The van der Waals surface area contributed by atoms with E-state index >= 15 is 0 Å². The number of aliphatic hydroxyl groups excluding tert-OH is 1. The van der Waals surface area contributed by atoms with Gasteiger partial charge in [0.1, 0.15) is 5.75 Å². The molecule has 0 amide bonds. The Kier molecular flexibility index (Phi) is 3.93. The summed E-state index contributed by atoms with van der Waals surface area (Å²) in [5.41, 5.74) is 2.48. The molecule has 1 aliphatic heterocycles. The average molecular weight is 249 g/mol. The number of rotatable bonds is 4. The van der Waals surface area contributed by atoms with Gasteiger partial charge in [-0.25, -0.2) is 0 Å². The molecule has 0 saturated heterocycles. The zero-order valence-electron chi connectivity index (χ0n) is 11.5. The standard InChI is InChI=1S/C15H23NO2/c1-15(2,3)14(17)10-16-9-11-4-5-13-12(8-11)6-7-18-13/h4-5,8,14,16-17H,6-7,9-10H2,1-3H3. The van der Waals surface area contributed by atoms with Gasteiger partial charge in [-0.1, -0.05) is 32.9 Å². The van der Waals surface area contributed by atoms with Crippen LogP contribution in [0, 0.1) is 5.41 Å². The van der Waals surface area contributed by atoms with Gasteiger partial charge in [-0.15, -0.1) is 0 Å². The summed E-state index contributed by atoms with van der Waals surface area (Å²) < 4.78 is 5.48. The molecule has 1 aromatic carbocycles. The molecule has 1 atom stereocenters. The van der Waals surface area contributed by atoms with Crippen molar-refractivity contribution in [1.29, 1.82) is 0 Å². The van der Waals surface area contributed by atoms with Crippen LogP contribution >= 0.6 is 0 Å². The van der Waals surface area contributed by atoms with Crippen molar-refractivity contribution in [2.75, 3.05) is 13.2 Å². The summed E-state index contributed by atoms with van der Waals surface area (Å²) in [5.74, 6) is 1.02. The fourth-order valence-corrected chi connectivity index (χ4v) is 2.01. The zero-order valence-corrected chi connectivity index (χ0v) is 11.5. The van der Waals surface area contributed by atoms with Crippen LogP contribution in [-0.2, 0) is 13.0 Å². The van der Waals surface area contributed by atoms with Gasteiger partial charge in [-0.3, -0.25) is 0 Å². The highest BCUT2D eigenvalue weighted by Gasteiger charge is 2.21. The molecule has 2 rings (SSSR count). The normalized spacial score (nSPS) is 16.2. The summed E-state index contributed by atoms with van der Waals surface area (Å²) >= 11 is 0. The lowest BCUT2D eigenvalue weighted by atomic mass is 9.89. The topological polar surface area (TPSA) is 41.5 Å². The van der Waals surface area contributed by atoms with E-state index in [1.807, 2.05) is 26.8 Å². The highest BCUT2D eigenvalue weighted by Crippen LogP contribution is 2.25. The summed E-state index contributed by atoms with van der Waals surface area (Å²) in [6.07, 6.45) is 0.684. The summed E-state index contributed by atoms with van der Waals surface area (Å²) in [6.45, 7) is 8.36. The first-order valence-corrected chi connectivity index (χ1v) is 6.60. The van der Waals surface area contributed by atoms with Crippen LogP contribution in [0.25, 0.3) is 0 Å². The fraction of sp³-hybridized carbons (Fsp3) is 0.600. The molecule has 1 heterocycles. The van der Waals surface area contributed by atoms with Gasteiger partial charge in [-0.2, -0.15) is 0 Å². The molecule has 100 valence electrons. The third-order valence-electron chi connectivity index (χ3n) is 3.42. The number of ether oxygens (including phenoxy) is 1. The minimum absolute atomic E-state index is 0.0707. The molecule has 1 aromatic rings. The number of hydrogen-bond donors (Lipinski definition) is 2.